The van der Waals surface area contributed by atoms with E-state index < -0.39 is 9.84 Å². The van der Waals surface area contributed by atoms with Gasteiger partial charge in [-0.2, -0.15) is 0 Å². The fourth-order valence-corrected chi connectivity index (χ4v) is 5.20. The lowest BCUT2D eigenvalue weighted by atomic mass is 10.1. The van der Waals surface area contributed by atoms with Gasteiger partial charge in [-0.05, 0) is 44.7 Å². The number of rotatable bonds is 6. The molecule has 2 heterocycles. The van der Waals surface area contributed by atoms with E-state index in [-0.39, 0.29) is 36.1 Å². The largest absolute Gasteiger partial charge is 0.371 e. The quantitative estimate of drug-likeness (QED) is 0.734. The molecule has 0 spiro atoms. The van der Waals surface area contributed by atoms with Gasteiger partial charge in [0.25, 0.3) is 0 Å². The van der Waals surface area contributed by atoms with Crippen LogP contribution in [-0.4, -0.2) is 69.1 Å². The third-order valence-electron chi connectivity index (χ3n) is 4.56. The molecular weight excluding hydrogens is 292 g/mol. The first-order chi connectivity index (χ1) is 10.0. The second kappa shape index (κ2) is 6.22. The van der Waals surface area contributed by atoms with Gasteiger partial charge >= 0.3 is 0 Å². The van der Waals surface area contributed by atoms with E-state index in [9.17, 15) is 13.2 Å². The van der Waals surface area contributed by atoms with Gasteiger partial charge in [-0.15, -0.1) is 0 Å². The molecule has 21 heavy (non-hydrogen) atoms. The van der Waals surface area contributed by atoms with Gasteiger partial charge in [0.15, 0.2) is 9.84 Å². The Morgan fingerprint density at radius 2 is 1.90 bits per heavy atom. The molecule has 3 aliphatic rings. The number of hydrogen-bond donors (Lipinski definition) is 1. The van der Waals surface area contributed by atoms with E-state index in [1.165, 1.54) is 12.8 Å². The molecule has 2 aliphatic heterocycles. The minimum absolute atomic E-state index is 0.0414. The normalized spacial score (nSPS) is 32.4. The Labute approximate surface area is 126 Å². The van der Waals surface area contributed by atoms with Crippen LogP contribution in [0, 0.1) is 5.92 Å². The molecule has 2 atom stereocenters. The lowest BCUT2D eigenvalue weighted by Crippen LogP contribution is -2.51. The summed E-state index contributed by atoms with van der Waals surface area (Å²) >= 11 is 0. The first-order valence-electron chi connectivity index (χ1n) is 7.85. The van der Waals surface area contributed by atoms with Gasteiger partial charge in [0.05, 0.1) is 24.2 Å². The van der Waals surface area contributed by atoms with Crippen LogP contribution in [0.15, 0.2) is 0 Å². The molecule has 120 valence electrons. The van der Waals surface area contributed by atoms with Crippen molar-refractivity contribution in [2.45, 2.75) is 37.8 Å². The molecule has 1 N–H and O–H groups in total. The smallest absolute Gasteiger partial charge is 0.246 e. The van der Waals surface area contributed by atoms with Crippen molar-refractivity contribution < 1.29 is 17.9 Å². The van der Waals surface area contributed by atoms with Crippen molar-refractivity contribution in [2.24, 2.45) is 5.92 Å². The van der Waals surface area contributed by atoms with Crippen LogP contribution >= 0.6 is 0 Å². The number of carbonyl (C=O) groups is 1. The standard InChI is InChI=1S/C14H24N2O4S/c17-14(8-20-7-11-3-4-11)15-12-9-21(18,19)10-13(12)16-5-1-2-6-16/h11-13H,1-10H2,(H,15,17). The maximum absolute atomic E-state index is 11.9. The van der Waals surface area contributed by atoms with Gasteiger partial charge in [-0.25, -0.2) is 8.42 Å². The molecule has 0 aromatic heterocycles. The molecule has 2 saturated heterocycles. The van der Waals surface area contributed by atoms with Crippen LogP contribution in [0.2, 0.25) is 0 Å². The third kappa shape index (κ3) is 4.17. The SMILES string of the molecule is O=C(COCC1CC1)NC1CS(=O)(=O)CC1N1CCCC1. The van der Waals surface area contributed by atoms with E-state index in [2.05, 4.69) is 10.2 Å². The molecule has 0 bridgehead atoms. The number of nitrogens with zero attached hydrogens (tertiary/aromatic N) is 1. The highest BCUT2D eigenvalue weighted by atomic mass is 32.2. The molecule has 1 saturated carbocycles. The molecule has 6 nitrogen and oxygen atoms in total. The van der Waals surface area contributed by atoms with Crippen molar-refractivity contribution in [1.82, 2.24) is 10.2 Å². The highest BCUT2D eigenvalue weighted by molar-refractivity contribution is 7.91. The number of likely N-dealkylation sites (tertiary alicyclic amines) is 1. The zero-order valence-corrected chi connectivity index (χ0v) is 13.1. The summed E-state index contributed by atoms with van der Waals surface area (Å²) in [7, 11) is -3.05. The average molecular weight is 316 g/mol. The van der Waals surface area contributed by atoms with Crippen LogP contribution in [0.25, 0.3) is 0 Å². The summed E-state index contributed by atoms with van der Waals surface area (Å²) in [4.78, 5) is 14.1. The van der Waals surface area contributed by atoms with E-state index in [0.717, 1.165) is 25.9 Å². The lowest BCUT2D eigenvalue weighted by Gasteiger charge is -2.28. The monoisotopic (exact) mass is 316 g/mol. The van der Waals surface area contributed by atoms with Crippen LogP contribution in [0.1, 0.15) is 25.7 Å². The van der Waals surface area contributed by atoms with E-state index in [4.69, 9.17) is 4.74 Å². The second-order valence-corrected chi connectivity index (χ2v) is 8.67. The molecule has 2 unspecified atom stereocenters. The second-order valence-electron chi connectivity index (χ2n) is 6.52. The molecule has 0 radical (unpaired) electrons. The Morgan fingerprint density at radius 3 is 2.57 bits per heavy atom. The van der Waals surface area contributed by atoms with Crippen molar-refractivity contribution >= 4 is 15.7 Å². The minimum Gasteiger partial charge on any atom is -0.371 e. The van der Waals surface area contributed by atoms with E-state index in [1.54, 1.807) is 0 Å². The number of hydrogen-bond acceptors (Lipinski definition) is 5. The van der Waals surface area contributed by atoms with Crippen molar-refractivity contribution in [3.8, 4) is 0 Å². The van der Waals surface area contributed by atoms with Crippen molar-refractivity contribution in [2.75, 3.05) is 37.8 Å². The van der Waals surface area contributed by atoms with Gasteiger partial charge in [0, 0.05) is 6.04 Å². The Bertz CT molecular complexity index is 483. The van der Waals surface area contributed by atoms with E-state index in [0.29, 0.717) is 12.5 Å². The highest BCUT2D eigenvalue weighted by Crippen LogP contribution is 2.28. The first-order valence-corrected chi connectivity index (χ1v) is 9.67. The summed E-state index contributed by atoms with van der Waals surface area (Å²) in [5.74, 6) is 0.660. The zero-order valence-electron chi connectivity index (χ0n) is 12.3. The van der Waals surface area contributed by atoms with Crippen molar-refractivity contribution in [3.63, 3.8) is 0 Å². The molecule has 0 aromatic carbocycles. The van der Waals surface area contributed by atoms with Crippen LogP contribution in [0.5, 0.6) is 0 Å². The fourth-order valence-electron chi connectivity index (χ4n) is 3.25. The number of sulfone groups is 1. The number of amides is 1. The zero-order chi connectivity index (χ0) is 14.9. The Kier molecular flexibility index (Phi) is 4.51. The summed E-state index contributed by atoms with van der Waals surface area (Å²) < 4.78 is 29.2. The van der Waals surface area contributed by atoms with Gasteiger partial charge in [0.1, 0.15) is 6.61 Å². The summed E-state index contributed by atoms with van der Waals surface area (Å²) in [6.45, 7) is 2.56. The Hall–Kier alpha value is -0.660. The minimum atomic E-state index is -3.05. The summed E-state index contributed by atoms with van der Waals surface area (Å²) in [5, 5.41) is 2.87. The topological polar surface area (TPSA) is 75.7 Å². The number of carbonyl (C=O) groups excluding carboxylic acids is 1. The lowest BCUT2D eigenvalue weighted by molar-refractivity contribution is -0.126. The molecular formula is C14H24N2O4S. The molecule has 1 aliphatic carbocycles. The van der Waals surface area contributed by atoms with Gasteiger partial charge in [0.2, 0.25) is 5.91 Å². The summed E-state index contributed by atoms with van der Waals surface area (Å²) in [5.41, 5.74) is 0. The predicted octanol–water partition coefficient (Wildman–Crippen LogP) is -0.209. The molecule has 0 aromatic rings. The molecule has 7 heteroatoms. The summed E-state index contributed by atoms with van der Waals surface area (Å²) in [6, 6.07) is -0.352. The first kappa shape index (κ1) is 15.2. The van der Waals surface area contributed by atoms with Gasteiger partial charge in [-0.3, -0.25) is 9.69 Å². The number of nitrogens with one attached hydrogen (secondary N) is 1. The van der Waals surface area contributed by atoms with Gasteiger partial charge < -0.3 is 10.1 Å². The molecule has 3 fully saturated rings. The highest BCUT2D eigenvalue weighted by Gasteiger charge is 2.42. The Balaban J connectivity index is 1.52. The van der Waals surface area contributed by atoms with Crippen LogP contribution < -0.4 is 5.32 Å². The predicted molar refractivity (Wildman–Crippen MR) is 78.7 cm³/mol. The average Bonchev–Trinajstić information content (AvgIpc) is 2.97. The maximum Gasteiger partial charge on any atom is 0.246 e. The van der Waals surface area contributed by atoms with Gasteiger partial charge in [-0.1, -0.05) is 0 Å². The van der Waals surface area contributed by atoms with Crippen LogP contribution in [-0.2, 0) is 19.4 Å². The van der Waals surface area contributed by atoms with Crippen molar-refractivity contribution in [1.29, 1.82) is 0 Å². The van der Waals surface area contributed by atoms with Crippen LogP contribution in [0.4, 0.5) is 0 Å². The maximum atomic E-state index is 11.9. The van der Waals surface area contributed by atoms with Crippen molar-refractivity contribution in [3.05, 3.63) is 0 Å². The van der Waals surface area contributed by atoms with Crippen LogP contribution in [0.3, 0.4) is 0 Å². The fraction of sp³-hybridized carbons (Fsp3) is 0.929. The van der Waals surface area contributed by atoms with E-state index in [1.807, 2.05) is 0 Å². The molecule has 3 rings (SSSR count). The van der Waals surface area contributed by atoms with E-state index >= 15 is 0 Å². The number of ether oxygens (including phenoxy) is 1. The molecule has 1 amide bonds. The third-order valence-corrected chi connectivity index (χ3v) is 6.28. The Morgan fingerprint density at radius 1 is 1.19 bits per heavy atom. The summed E-state index contributed by atoms with van der Waals surface area (Å²) in [6.07, 6.45) is 4.61.